The van der Waals surface area contributed by atoms with E-state index in [4.69, 9.17) is 11.3 Å². The zero-order valence-corrected chi connectivity index (χ0v) is 22.0. The molecule has 8 nitrogen and oxygen atoms in total. The number of nitrogens with one attached hydrogen (secondary N) is 1. The van der Waals surface area contributed by atoms with Gasteiger partial charge in [-0.3, -0.25) is 24.1 Å². The number of para-hydroxylation sites is 1. The molecule has 0 saturated carbocycles. The summed E-state index contributed by atoms with van der Waals surface area (Å²) in [5, 5.41) is 2.84. The number of anilines is 1. The van der Waals surface area contributed by atoms with Crippen molar-refractivity contribution in [3.8, 4) is 5.75 Å². The van der Waals surface area contributed by atoms with E-state index in [0.29, 0.717) is 17.3 Å². The second kappa shape index (κ2) is 10.2. The van der Waals surface area contributed by atoms with Gasteiger partial charge in [0.1, 0.15) is 17.2 Å². The van der Waals surface area contributed by atoms with Crippen molar-refractivity contribution in [2.24, 2.45) is 5.92 Å². The maximum Gasteiger partial charge on any atom is 0.419 e. The van der Waals surface area contributed by atoms with Gasteiger partial charge < -0.3 is 15.0 Å². The van der Waals surface area contributed by atoms with E-state index in [1.165, 1.54) is 18.0 Å². The van der Waals surface area contributed by atoms with Crippen LogP contribution in [0.4, 0.5) is 18.9 Å². The van der Waals surface area contributed by atoms with Crippen molar-refractivity contribution in [2.75, 3.05) is 26.0 Å². The SMILES string of the molecule is [C-]#[N+][C@@H]1C[C@@]2(CN1C(=O)[C@H](CC(C)C)N(C)C(=O)c1ccc(OC)c(C(F)(F)F)c1)C(=O)Nc1ccccc12. The van der Waals surface area contributed by atoms with Crippen LogP contribution in [0.3, 0.4) is 0 Å². The third kappa shape index (κ3) is 4.91. The van der Waals surface area contributed by atoms with Gasteiger partial charge in [-0.2, -0.15) is 13.2 Å². The van der Waals surface area contributed by atoms with Gasteiger partial charge in [0.15, 0.2) is 0 Å². The molecular weight excluding hydrogens is 513 g/mol. The van der Waals surface area contributed by atoms with Crippen LogP contribution in [-0.4, -0.2) is 60.4 Å². The molecule has 39 heavy (non-hydrogen) atoms. The Labute approximate surface area is 224 Å². The number of carbonyl (C=O) groups excluding carboxylic acids is 3. The lowest BCUT2D eigenvalue weighted by molar-refractivity contribution is -0.139. The molecule has 0 aromatic heterocycles. The minimum absolute atomic E-state index is 0.0425. The molecule has 1 fully saturated rings. The van der Waals surface area contributed by atoms with Gasteiger partial charge in [-0.1, -0.05) is 32.0 Å². The summed E-state index contributed by atoms with van der Waals surface area (Å²) in [5.41, 5.74) is -1.11. The Morgan fingerprint density at radius 1 is 1.26 bits per heavy atom. The first-order valence-electron chi connectivity index (χ1n) is 12.4. The predicted octanol–water partition coefficient (Wildman–Crippen LogP) is 4.57. The minimum Gasteiger partial charge on any atom is -0.496 e. The number of ether oxygens (including phenoxy) is 1. The molecule has 0 unspecified atom stereocenters. The van der Waals surface area contributed by atoms with Crippen LogP contribution in [0.15, 0.2) is 42.5 Å². The molecule has 4 rings (SSSR count). The molecule has 2 aromatic rings. The van der Waals surface area contributed by atoms with E-state index in [1.54, 1.807) is 24.3 Å². The molecule has 1 spiro atoms. The van der Waals surface area contributed by atoms with E-state index in [0.717, 1.165) is 18.1 Å². The van der Waals surface area contributed by atoms with Crippen molar-refractivity contribution in [1.29, 1.82) is 0 Å². The summed E-state index contributed by atoms with van der Waals surface area (Å²) in [7, 11) is 2.47. The molecule has 206 valence electrons. The third-order valence-electron chi connectivity index (χ3n) is 7.41. The molecule has 2 aliphatic rings. The zero-order chi connectivity index (χ0) is 28.7. The second-order valence-corrected chi connectivity index (χ2v) is 10.3. The number of carbonyl (C=O) groups is 3. The fourth-order valence-electron chi connectivity index (χ4n) is 5.43. The monoisotopic (exact) mass is 542 g/mol. The van der Waals surface area contributed by atoms with E-state index in [2.05, 4.69) is 10.2 Å². The molecule has 1 N–H and O–H groups in total. The highest BCUT2D eigenvalue weighted by molar-refractivity contribution is 6.07. The lowest BCUT2D eigenvalue weighted by Crippen LogP contribution is -2.51. The van der Waals surface area contributed by atoms with Gasteiger partial charge >= 0.3 is 12.3 Å². The first-order valence-corrected chi connectivity index (χ1v) is 12.4. The standard InChI is InChI=1S/C28H29F3N4O4/c1-16(2)12-21(34(4)24(36)17-10-11-22(39-5)19(13-17)28(29,30)31)25(37)35-15-27(14-23(35)32-3)18-8-6-7-9-20(18)33-26(27)38/h6-11,13,16,21,23H,12,14-15H2,1-2,4-5H3,(H,33,38)/t21-,23-,27-/m0/s1. The van der Waals surface area contributed by atoms with Crippen LogP contribution >= 0.6 is 0 Å². The lowest BCUT2D eigenvalue weighted by Gasteiger charge is -2.32. The Hall–Kier alpha value is -4.07. The second-order valence-electron chi connectivity index (χ2n) is 10.3. The van der Waals surface area contributed by atoms with Crippen LogP contribution in [0.2, 0.25) is 0 Å². The first-order chi connectivity index (χ1) is 18.3. The summed E-state index contributed by atoms with van der Waals surface area (Å²) in [6, 6.07) is 9.06. The van der Waals surface area contributed by atoms with E-state index >= 15 is 0 Å². The summed E-state index contributed by atoms with van der Waals surface area (Å²) >= 11 is 0. The fourth-order valence-corrected chi connectivity index (χ4v) is 5.43. The first kappa shape index (κ1) is 28.0. The quantitative estimate of drug-likeness (QED) is 0.543. The number of hydrogen-bond donors (Lipinski definition) is 1. The average Bonchev–Trinajstić information content (AvgIpc) is 3.43. The van der Waals surface area contributed by atoms with E-state index in [9.17, 15) is 27.6 Å². The summed E-state index contributed by atoms with van der Waals surface area (Å²) < 4.78 is 45.6. The Kier molecular flexibility index (Phi) is 7.34. The Morgan fingerprint density at radius 2 is 1.95 bits per heavy atom. The molecule has 11 heteroatoms. The number of halogens is 3. The van der Waals surface area contributed by atoms with Crippen molar-refractivity contribution in [3.05, 3.63) is 70.6 Å². The van der Waals surface area contributed by atoms with Gasteiger partial charge in [-0.25, -0.2) is 6.57 Å². The predicted molar refractivity (Wildman–Crippen MR) is 137 cm³/mol. The highest BCUT2D eigenvalue weighted by atomic mass is 19.4. The van der Waals surface area contributed by atoms with E-state index in [-0.39, 0.29) is 36.8 Å². The lowest BCUT2D eigenvalue weighted by atomic mass is 9.80. The number of nitrogens with zero attached hydrogens (tertiary/aromatic N) is 3. The highest BCUT2D eigenvalue weighted by Gasteiger charge is 2.59. The Morgan fingerprint density at radius 3 is 2.56 bits per heavy atom. The van der Waals surface area contributed by atoms with Crippen LogP contribution < -0.4 is 10.1 Å². The van der Waals surface area contributed by atoms with Gasteiger partial charge in [-0.15, -0.1) is 0 Å². The number of rotatable bonds is 6. The van der Waals surface area contributed by atoms with Gasteiger partial charge in [-0.05, 0) is 42.2 Å². The van der Waals surface area contributed by atoms with Crippen molar-refractivity contribution in [2.45, 2.75) is 50.5 Å². The minimum atomic E-state index is -4.75. The summed E-state index contributed by atoms with van der Waals surface area (Å²) in [6.45, 7) is 11.4. The van der Waals surface area contributed by atoms with Crippen molar-refractivity contribution in [1.82, 2.24) is 9.80 Å². The molecule has 0 bridgehead atoms. The molecule has 3 amide bonds. The summed E-state index contributed by atoms with van der Waals surface area (Å²) in [5.74, 6) is -2.09. The third-order valence-corrected chi connectivity index (χ3v) is 7.41. The number of alkyl halides is 3. The highest BCUT2D eigenvalue weighted by Crippen LogP contribution is 2.47. The summed E-state index contributed by atoms with van der Waals surface area (Å²) in [4.78, 5) is 46.6. The number of fused-ring (bicyclic) bond motifs is 2. The number of amides is 3. The van der Waals surface area contributed by atoms with Crippen molar-refractivity contribution in [3.63, 3.8) is 0 Å². The molecule has 2 aliphatic heterocycles. The van der Waals surface area contributed by atoms with Crippen molar-refractivity contribution >= 4 is 23.4 Å². The number of likely N-dealkylation sites (N-methyl/N-ethyl adjacent to an activating group) is 1. The van der Waals surface area contributed by atoms with Gasteiger partial charge in [0.25, 0.3) is 11.8 Å². The number of benzene rings is 2. The average molecular weight is 543 g/mol. The number of methoxy groups -OCH3 is 1. The zero-order valence-electron chi connectivity index (χ0n) is 22.0. The topological polar surface area (TPSA) is 83.3 Å². The molecule has 2 aromatic carbocycles. The smallest absolute Gasteiger partial charge is 0.419 e. The number of likely N-dealkylation sites (tertiary alicyclic amines) is 1. The molecule has 0 aliphatic carbocycles. The Balaban J connectivity index is 1.67. The van der Waals surface area contributed by atoms with Gasteiger partial charge in [0.2, 0.25) is 5.91 Å². The normalized spacial score (nSPS) is 20.9. The van der Waals surface area contributed by atoms with Crippen LogP contribution in [-0.2, 0) is 21.2 Å². The molecule has 0 radical (unpaired) electrons. The molecule has 1 saturated heterocycles. The van der Waals surface area contributed by atoms with Gasteiger partial charge in [0.05, 0.1) is 19.1 Å². The van der Waals surface area contributed by atoms with Crippen molar-refractivity contribution < 1.29 is 32.3 Å². The maximum absolute atomic E-state index is 14.0. The van der Waals surface area contributed by atoms with Crippen LogP contribution in [0, 0.1) is 12.5 Å². The van der Waals surface area contributed by atoms with Crippen LogP contribution in [0.5, 0.6) is 5.75 Å². The Bertz CT molecular complexity index is 1350. The molecular formula is C28H29F3N4O4. The van der Waals surface area contributed by atoms with Gasteiger partial charge in [0, 0.05) is 24.8 Å². The van der Waals surface area contributed by atoms with Crippen LogP contribution in [0.1, 0.15) is 48.2 Å². The number of hydrogen-bond acceptors (Lipinski definition) is 4. The van der Waals surface area contributed by atoms with Crippen LogP contribution in [0.25, 0.3) is 4.85 Å². The fraction of sp³-hybridized carbons (Fsp3) is 0.429. The maximum atomic E-state index is 14.0. The summed E-state index contributed by atoms with van der Waals surface area (Å²) in [6.07, 6.45) is -5.38. The molecule has 3 atom stereocenters. The molecule has 2 heterocycles. The van der Waals surface area contributed by atoms with E-state index < -0.39 is 46.9 Å². The largest absolute Gasteiger partial charge is 0.496 e. The van der Waals surface area contributed by atoms with E-state index in [1.807, 2.05) is 13.8 Å².